The summed E-state index contributed by atoms with van der Waals surface area (Å²) in [4.78, 5) is 13.2. The maximum Gasteiger partial charge on any atom is 0.407 e. The highest BCUT2D eigenvalue weighted by Crippen LogP contribution is 2.24. The first-order chi connectivity index (χ1) is 10.6. The zero-order valence-electron chi connectivity index (χ0n) is 15.5. The number of alkyl carbamates (subject to hydrolysis) is 1. The molecule has 1 rings (SSSR count). The monoisotopic (exact) mass is 340 g/mol. The fourth-order valence-electron chi connectivity index (χ4n) is 2.56. The number of aryl methyl sites for hydroxylation is 1. The summed E-state index contributed by atoms with van der Waals surface area (Å²) in [7, 11) is 0. The Morgan fingerprint density at radius 1 is 1.30 bits per heavy atom. The molecule has 1 aromatic rings. The molecule has 0 saturated carbocycles. The van der Waals surface area contributed by atoms with Gasteiger partial charge in [0.05, 0.1) is 0 Å². The fraction of sp³-hybridized carbons (Fsp3) is 0.722. The van der Waals surface area contributed by atoms with Crippen molar-refractivity contribution >= 4 is 17.4 Å². The van der Waals surface area contributed by atoms with E-state index in [0.29, 0.717) is 12.5 Å². The van der Waals surface area contributed by atoms with Crippen LogP contribution < -0.4 is 10.6 Å². The Morgan fingerprint density at radius 3 is 2.43 bits per heavy atom. The number of hydrogen-bond acceptors (Lipinski definition) is 4. The van der Waals surface area contributed by atoms with Crippen LogP contribution in [0.25, 0.3) is 0 Å². The highest BCUT2D eigenvalue weighted by atomic mass is 32.1. The van der Waals surface area contributed by atoms with Crippen LogP contribution in [0.15, 0.2) is 11.4 Å². The standard InChI is InChI=1S/C18H32N2O2S/c1-12(2)10-15(11-19-17(21)22-18(5,6)7)20-14(4)16-13(3)8-9-23-16/h8-9,12,14-15,20H,10-11H2,1-7H3,(H,19,21). The van der Waals surface area contributed by atoms with Crippen molar-refractivity contribution in [3.63, 3.8) is 0 Å². The maximum atomic E-state index is 11.9. The van der Waals surface area contributed by atoms with Crippen molar-refractivity contribution in [1.82, 2.24) is 10.6 Å². The minimum Gasteiger partial charge on any atom is -0.444 e. The molecule has 23 heavy (non-hydrogen) atoms. The Balaban J connectivity index is 2.59. The molecule has 0 radical (unpaired) electrons. The predicted molar refractivity (Wildman–Crippen MR) is 98.1 cm³/mol. The lowest BCUT2D eigenvalue weighted by atomic mass is 10.0. The van der Waals surface area contributed by atoms with E-state index in [1.165, 1.54) is 10.4 Å². The summed E-state index contributed by atoms with van der Waals surface area (Å²) in [6.07, 6.45) is 0.651. The summed E-state index contributed by atoms with van der Waals surface area (Å²) in [6.45, 7) is 14.9. The van der Waals surface area contributed by atoms with E-state index in [-0.39, 0.29) is 18.2 Å². The number of thiophene rings is 1. The van der Waals surface area contributed by atoms with Crippen molar-refractivity contribution in [2.75, 3.05) is 6.54 Å². The lowest BCUT2D eigenvalue weighted by molar-refractivity contribution is 0.0520. The summed E-state index contributed by atoms with van der Waals surface area (Å²) >= 11 is 1.78. The van der Waals surface area contributed by atoms with Gasteiger partial charge in [-0.2, -0.15) is 0 Å². The highest BCUT2D eigenvalue weighted by molar-refractivity contribution is 7.10. The van der Waals surface area contributed by atoms with Gasteiger partial charge in [-0.15, -0.1) is 11.3 Å². The first kappa shape index (κ1) is 20.0. The molecule has 1 heterocycles. The molecule has 0 aromatic carbocycles. The molecule has 0 aliphatic carbocycles. The number of ether oxygens (including phenoxy) is 1. The average molecular weight is 341 g/mol. The van der Waals surface area contributed by atoms with Crippen LogP contribution in [0, 0.1) is 12.8 Å². The van der Waals surface area contributed by atoms with Crippen molar-refractivity contribution in [3.8, 4) is 0 Å². The van der Waals surface area contributed by atoms with E-state index < -0.39 is 5.60 Å². The lowest BCUT2D eigenvalue weighted by Gasteiger charge is -2.26. The third-order valence-corrected chi connectivity index (χ3v) is 4.63. The van der Waals surface area contributed by atoms with E-state index in [4.69, 9.17) is 4.74 Å². The van der Waals surface area contributed by atoms with Crippen LogP contribution in [0.3, 0.4) is 0 Å². The van der Waals surface area contributed by atoms with Gasteiger partial charge in [-0.3, -0.25) is 0 Å². The van der Waals surface area contributed by atoms with Crippen molar-refractivity contribution in [2.45, 2.75) is 72.6 Å². The quantitative estimate of drug-likeness (QED) is 0.760. The maximum absolute atomic E-state index is 11.9. The van der Waals surface area contributed by atoms with E-state index in [1.54, 1.807) is 11.3 Å². The molecule has 4 nitrogen and oxygen atoms in total. The number of carbonyl (C=O) groups is 1. The zero-order chi connectivity index (χ0) is 17.6. The summed E-state index contributed by atoms with van der Waals surface area (Å²) in [5.41, 5.74) is 0.852. The summed E-state index contributed by atoms with van der Waals surface area (Å²) in [6, 6.07) is 2.65. The van der Waals surface area contributed by atoms with Crippen molar-refractivity contribution in [2.24, 2.45) is 5.92 Å². The van der Waals surface area contributed by atoms with Crippen LogP contribution in [-0.4, -0.2) is 24.3 Å². The lowest BCUT2D eigenvalue weighted by Crippen LogP contribution is -2.44. The molecule has 132 valence electrons. The largest absolute Gasteiger partial charge is 0.444 e. The van der Waals surface area contributed by atoms with Gasteiger partial charge in [0, 0.05) is 23.5 Å². The second-order valence-corrected chi connectivity index (χ2v) is 8.51. The van der Waals surface area contributed by atoms with Gasteiger partial charge in [0.2, 0.25) is 0 Å². The third-order valence-electron chi connectivity index (χ3n) is 3.43. The smallest absolute Gasteiger partial charge is 0.407 e. The Kier molecular flexibility index (Phi) is 7.55. The van der Waals surface area contributed by atoms with E-state index >= 15 is 0 Å². The molecule has 5 heteroatoms. The SMILES string of the molecule is Cc1ccsc1C(C)NC(CNC(=O)OC(C)(C)C)CC(C)C. The summed E-state index contributed by atoms with van der Waals surface area (Å²) in [5.74, 6) is 0.560. The van der Waals surface area contributed by atoms with Crippen molar-refractivity contribution in [3.05, 3.63) is 21.9 Å². The second kappa shape index (κ2) is 8.69. The molecule has 1 amide bonds. The number of nitrogens with one attached hydrogen (secondary N) is 2. The minimum atomic E-state index is -0.466. The van der Waals surface area contributed by atoms with Gasteiger partial charge in [-0.25, -0.2) is 4.79 Å². The van der Waals surface area contributed by atoms with Gasteiger partial charge in [-0.1, -0.05) is 13.8 Å². The molecule has 0 bridgehead atoms. The molecular formula is C18H32N2O2S. The van der Waals surface area contributed by atoms with Crippen LogP contribution in [-0.2, 0) is 4.74 Å². The van der Waals surface area contributed by atoms with Gasteiger partial charge in [0.1, 0.15) is 5.60 Å². The van der Waals surface area contributed by atoms with Crippen LogP contribution in [0.5, 0.6) is 0 Å². The highest BCUT2D eigenvalue weighted by Gasteiger charge is 2.20. The van der Waals surface area contributed by atoms with Crippen molar-refractivity contribution in [1.29, 1.82) is 0 Å². The Morgan fingerprint density at radius 2 is 1.96 bits per heavy atom. The van der Waals surface area contributed by atoms with Crippen LogP contribution in [0.4, 0.5) is 4.79 Å². The number of amides is 1. The van der Waals surface area contributed by atoms with Crippen LogP contribution in [0.2, 0.25) is 0 Å². The van der Waals surface area contributed by atoms with Crippen LogP contribution in [0.1, 0.15) is 64.4 Å². The van der Waals surface area contributed by atoms with E-state index in [9.17, 15) is 4.79 Å². The number of rotatable bonds is 7. The predicted octanol–water partition coefficient (Wildman–Crippen LogP) is 4.65. The van der Waals surface area contributed by atoms with Crippen LogP contribution >= 0.6 is 11.3 Å². The average Bonchev–Trinajstić information content (AvgIpc) is 2.79. The summed E-state index contributed by atoms with van der Waals surface area (Å²) in [5, 5.41) is 8.66. The topological polar surface area (TPSA) is 50.4 Å². The zero-order valence-corrected chi connectivity index (χ0v) is 16.3. The van der Waals surface area contributed by atoms with Gasteiger partial charge >= 0.3 is 6.09 Å². The summed E-state index contributed by atoms with van der Waals surface area (Å²) < 4.78 is 5.31. The molecular weight excluding hydrogens is 308 g/mol. The molecule has 1 aromatic heterocycles. The normalized spacial score (nSPS) is 14.6. The Bertz CT molecular complexity index is 491. The minimum absolute atomic E-state index is 0.221. The van der Waals surface area contributed by atoms with E-state index in [1.807, 2.05) is 20.8 Å². The Hall–Kier alpha value is -1.07. The molecule has 2 atom stereocenters. The van der Waals surface area contributed by atoms with Gasteiger partial charge < -0.3 is 15.4 Å². The van der Waals surface area contributed by atoms with Gasteiger partial charge in [0.25, 0.3) is 0 Å². The van der Waals surface area contributed by atoms with Gasteiger partial charge in [0.15, 0.2) is 0 Å². The van der Waals surface area contributed by atoms with Crippen molar-refractivity contribution < 1.29 is 9.53 Å². The molecule has 0 fully saturated rings. The number of carbonyl (C=O) groups excluding carboxylic acids is 1. The second-order valence-electron chi connectivity index (χ2n) is 7.57. The third kappa shape index (κ3) is 7.84. The molecule has 2 N–H and O–H groups in total. The van der Waals surface area contributed by atoms with E-state index in [0.717, 1.165) is 6.42 Å². The first-order valence-corrected chi connectivity index (χ1v) is 9.23. The molecule has 0 spiro atoms. The fourth-order valence-corrected chi connectivity index (χ4v) is 3.50. The first-order valence-electron chi connectivity index (χ1n) is 8.35. The Labute approximate surface area is 145 Å². The van der Waals surface area contributed by atoms with E-state index in [2.05, 4.69) is 49.8 Å². The number of hydrogen-bond donors (Lipinski definition) is 2. The molecule has 0 saturated heterocycles. The molecule has 0 aliphatic heterocycles. The molecule has 0 aliphatic rings. The van der Waals surface area contributed by atoms with Gasteiger partial charge in [-0.05, 0) is 64.0 Å². The molecule has 2 unspecified atom stereocenters.